The third-order valence-corrected chi connectivity index (χ3v) is 4.51. The number of anilines is 1. The van der Waals surface area contributed by atoms with E-state index in [-0.39, 0.29) is 12.2 Å². The summed E-state index contributed by atoms with van der Waals surface area (Å²) in [6.07, 6.45) is 6.71. The van der Waals surface area contributed by atoms with Crippen molar-refractivity contribution in [2.45, 2.75) is 0 Å². The first-order valence-corrected chi connectivity index (χ1v) is 8.98. The third-order valence-electron chi connectivity index (χ3n) is 3.79. The molecule has 1 saturated heterocycles. The van der Waals surface area contributed by atoms with E-state index < -0.39 is 11.8 Å². The van der Waals surface area contributed by atoms with Gasteiger partial charge in [0.1, 0.15) is 12.2 Å². The highest BCUT2D eigenvalue weighted by molar-refractivity contribution is 14.1. The Morgan fingerprint density at radius 3 is 2.59 bits per heavy atom. The number of terminal acetylenes is 1. The average molecular weight is 474 g/mol. The van der Waals surface area contributed by atoms with E-state index in [1.165, 1.54) is 18.2 Å². The zero-order chi connectivity index (χ0) is 19.4. The number of hydrogen-bond donors (Lipinski definition) is 1. The fraction of sp³-hybridized carbons (Fsp3) is 0.100. The monoisotopic (exact) mass is 474 g/mol. The van der Waals surface area contributed by atoms with Crippen LogP contribution in [0.2, 0.25) is 0 Å². The Labute approximate surface area is 170 Å². The van der Waals surface area contributed by atoms with Crippen molar-refractivity contribution in [3.63, 3.8) is 0 Å². The summed E-state index contributed by atoms with van der Waals surface area (Å²) in [5.41, 5.74) is 3.83. The van der Waals surface area contributed by atoms with E-state index >= 15 is 0 Å². The molecular formula is C20H15IN2O4. The maximum atomic E-state index is 12.7. The van der Waals surface area contributed by atoms with Gasteiger partial charge in [-0.05, 0) is 70.6 Å². The number of ether oxygens (including phenoxy) is 2. The molecule has 3 rings (SSSR count). The minimum Gasteiger partial charge on any atom is -0.493 e. The summed E-state index contributed by atoms with van der Waals surface area (Å²) in [5.74, 6) is 2.44. The molecule has 1 heterocycles. The van der Waals surface area contributed by atoms with Crippen molar-refractivity contribution in [2.75, 3.05) is 18.7 Å². The molecule has 0 bridgehead atoms. The number of amides is 2. The van der Waals surface area contributed by atoms with Crippen molar-refractivity contribution < 1.29 is 19.1 Å². The van der Waals surface area contributed by atoms with E-state index in [0.29, 0.717) is 22.7 Å². The molecule has 6 nitrogen and oxygen atoms in total. The molecule has 1 aliphatic heterocycles. The molecule has 0 saturated carbocycles. The highest BCUT2D eigenvalue weighted by Gasteiger charge is 2.34. The lowest BCUT2D eigenvalue weighted by molar-refractivity contribution is -0.117. The van der Waals surface area contributed by atoms with Crippen LogP contribution in [0.4, 0.5) is 5.69 Å². The number of halogens is 1. The molecule has 0 aromatic heterocycles. The molecule has 1 aliphatic rings. The van der Waals surface area contributed by atoms with Crippen molar-refractivity contribution in [2.24, 2.45) is 0 Å². The largest absolute Gasteiger partial charge is 0.493 e. The van der Waals surface area contributed by atoms with Crippen molar-refractivity contribution in [3.05, 3.63) is 57.2 Å². The predicted molar refractivity (Wildman–Crippen MR) is 110 cm³/mol. The maximum absolute atomic E-state index is 12.7. The van der Waals surface area contributed by atoms with E-state index in [4.69, 9.17) is 15.9 Å². The zero-order valence-electron chi connectivity index (χ0n) is 14.4. The Morgan fingerprint density at radius 1 is 1.19 bits per heavy atom. The van der Waals surface area contributed by atoms with Gasteiger partial charge < -0.3 is 9.47 Å². The van der Waals surface area contributed by atoms with Crippen LogP contribution in [0.25, 0.3) is 6.08 Å². The number of carbonyl (C=O) groups excluding carboxylic acids is 2. The van der Waals surface area contributed by atoms with Gasteiger partial charge in [0.2, 0.25) is 0 Å². The summed E-state index contributed by atoms with van der Waals surface area (Å²) in [5, 5.41) is 1.23. The van der Waals surface area contributed by atoms with E-state index in [9.17, 15) is 9.59 Å². The SMILES string of the molecule is C#CCOc1ccc(C=C2C(=O)NN(c3ccc(I)cc3)C2=O)cc1OC. The number of benzene rings is 2. The van der Waals surface area contributed by atoms with Crippen molar-refractivity contribution in [3.8, 4) is 23.8 Å². The molecule has 0 spiro atoms. The molecule has 7 heteroatoms. The van der Waals surface area contributed by atoms with Crippen LogP contribution in [0, 0.1) is 15.9 Å². The summed E-state index contributed by atoms with van der Waals surface area (Å²) in [7, 11) is 1.50. The van der Waals surface area contributed by atoms with Gasteiger partial charge in [0.25, 0.3) is 11.8 Å². The normalized spacial score (nSPS) is 14.9. The van der Waals surface area contributed by atoms with E-state index in [1.54, 1.807) is 30.3 Å². The number of methoxy groups -OCH3 is 1. The second-order valence-electron chi connectivity index (χ2n) is 5.52. The minimum absolute atomic E-state index is 0.0351. The second kappa shape index (κ2) is 8.14. The van der Waals surface area contributed by atoms with Gasteiger partial charge >= 0.3 is 0 Å². The summed E-state index contributed by atoms with van der Waals surface area (Å²) < 4.78 is 11.7. The Balaban J connectivity index is 1.88. The molecule has 2 amide bonds. The van der Waals surface area contributed by atoms with E-state index in [1.807, 2.05) is 12.1 Å². The van der Waals surface area contributed by atoms with E-state index in [0.717, 1.165) is 3.57 Å². The van der Waals surface area contributed by atoms with Crippen molar-refractivity contribution in [1.82, 2.24) is 5.43 Å². The molecule has 0 atom stereocenters. The summed E-state index contributed by atoms with van der Waals surface area (Å²) >= 11 is 2.17. The number of nitrogens with one attached hydrogen (secondary N) is 1. The molecule has 27 heavy (non-hydrogen) atoms. The summed E-state index contributed by atoms with van der Waals surface area (Å²) in [6, 6.07) is 12.3. The van der Waals surface area contributed by atoms with Gasteiger partial charge in [-0.25, -0.2) is 5.01 Å². The Hall–Kier alpha value is -2.99. The molecule has 2 aromatic rings. The molecule has 0 radical (unpaired) electrons. The molecule has 1 fully saturated rings. The van der Waals surface area contributed by atoms with Crippen LogP contribution < -0.4 is 19.9 Å². The number of hydrazine groups is 1. The Morgan fingerprint density at radius 2 is 1.93 bits per heavy atom. The number of rotatable bonds is 5. The van der Waals surface area contributed by atoms with Gasteiger partial charge in [-0.2, -0.15) is 0 Å². The van der Waals surface area contributed by atoms with Gasteiger partial charge in [0, 0.05) is 3.57 Å². The van der Waals surface area contributed by atoms with Crippen LogP contribution in [-0.4, -0.2) is 25.5 Å². The maximum Gasteiger partial charge on any atom is 0.282 e. The predicted octanol–water partition coefficient (Wildman–Crippen LogP) is 2.77. The molecular weight excluding hydrogens is 459 g/mol. The highest BCUT2D eigenvalue weighted by atomic mass is 127. The van der Waals surface area contributed by atoms with Crippen LogP contribution in [0.1, 0.15) is 5.56 Å². The van der Waals surface area contributed by atoms with Crippen LogP contribution >= 0.6 is 22.6 Å². The minimum atomic E-state index is -0.467. The lowest BCUT2D eigenvalue weighted by Gasteiger charge is -2.14. The molecule has 136 valence electrons. The number of carbonyl (C=O) groups is 2. The van der Waals surface area contributed by atoms with Crippen LogP contribution in [-0.2, 0) is 9.59 Å². The Bertz CT molecular complexity index is 961. The first-order valence-electron chi connectivity index (χ1n) is 7.90. The van der Waals surface area contributed by atoms with Gasteiger partial charge in [0.15, 0.2) is 11.5 Å². The highest BCUT2D eigenvalue weighted by Crippen LogP contribution is 2.30. The van der Waals surface area contributed by atoms with Crippen molar-refractivity contribution in [1.29, 1.82) is 0 Å². The topological polar surface area (TPSA) is 67.9 Å². The first kappa shape index (κ1) is 18.8. The average Bonchev–Trinajstić information content (AvgIpc) is 2.95. The van der Waals surface area contributed by atoms with Crippen molar-refractivity contribution >= 4 is 46.2 Å². The molecule has 2 aromatic carbocycles. The first-order chi connectivity index (χ1) is 13.0. The fourth-order valence-corrected chi connectivity index (χ4v) is 2.87. The summed E-state index contributed by atoms with van der Waals surface area (Å²) in [6.45, 7) is 0.114. The van der Waals surface area contributed by atoms with Crippen LogP contribution in [0.3, 0.4) is 0 Å². The quantitative estimate of drug-likeness (QED) is 0.313. The van der Waals surface area contributed by atoms with E-state index in [2.05, 4.69) is 33.9 Å². The molecule has 0 aliphatic carbocycles. The lowest BCUT2D eigenvalue weighted by Crippen LogP contribution is -2.35. The van der Waals surface area contributed by atoms with Gasteiger partial charge in [-0.3, -0.25) is 15.0 Å². The van der Waals surface area contributed by atoms with Crippen LogP contribution in [0.15, 0.2) is 48.0 Å². The zero-order valence-corrected chi connectivity index (χ0v) is 16.5. The van der Waals surface area contributed by atoms with Crippen LogP contribution in [0.5, 0.6) is 11.5 Å². The van der Waals surface area contributed by atoms with Gasteiger partial charge in [-0.15, -0.1) is 6.42 Å². The Kier molecular flexibility index (Phi) is 5.66. The molecule has 1 N–H and O–H groups in total. The van der Waals surface area contributed by atoms with Gasteiger partial charge in [0.05, 0.1) is 12.8 Å². The standard InChI is InChI=1S/C20H15IN2O4/c1-3-10-27-17-9-4-13(12-18(17)26-2)11-16-19(24)22-23(20(16)25)15-7-5-14(21)6-8-15/h1,4-9,11-12H,10H2,2H3,(H,22,24). The number of hydrogen-bond acceptors (Lipinski definition) is 4. The number of nitrogens with zero attached hydrogens (tertiary/aromatic N) is 1. The lowest BCUT2D eigenvalue weighted by atomic mass is 10.1. The second-order valence-corrected chi connectivity index (χ2v) is 6.76. The smallest absolute Gasteiger partial charge is 0.282 e. The third kappa shape index (κ3) is 4.06. The van der Waals surface area contributed by atoms with Gasteiger partial charge in [-0.1, -0.05) is 12.0 Å². The fourth-order valence-electron chi connectivity index (χ4n) is 2.51. The summed E-state index contributed by atoms with van der Waals surface area (Å²) in [4.78, 5) is 24.9. The molecule has 0 unspecified atom stereocenters.